The van der Waals surface area contributed by atoms with Crippen molar-refractivity contribution >= 4 is 5.91 Å². The van der Waals surface area contributed by atoms with Crippen molar-refractivity contribution < 1.29 is 4.79 Å². The van der Waals surface area contributed by atoms with E-state index in [1.165, 1.54) is 0 Å². The molecule has 0 spiro atoms. The number of carbonyl (C=O) groups is 1. The summed E-state index contributed by atoms with van der Waals surface area (Å²) in [6, 6.07) is 0.252. The summed E-state index contributed by atoms with van der Waals surface area (Å²) in [6.45, 7) is 6.52. The van der Waals surface area contributed by atoms with Crippen LogP contribution in [-0.2, 0) is 4.79 Å². The molecule has 0 aromatic rings. The highest BCUT2D eigenvalue weighted by Crippen LogP contribution is 2.22. The molecule has 0 fully saturated rings. The smallest absolute Gasteiger partial charge is 0.244 e. The summed E-state index contributed by atoms with van der Waals surface area (Å²) in [5.41, 5.74) is 0.284. The van der Waals surface area contributed by atoms with Gasteiger partial charge < -0.3 is 5.32 Å². The van der Waals surface area contributed by atoms with Gasteiger partial charge in [0.1, 0.15) is 0 Å². The van der Waals surface area contributed by atoms with E-state index in [1.54, 1.807) is 6.08 Å². The minimum atomic E-state index is 0.0410. The predicted octanol–water partition coefficient (Wildman–Crippen LogP) is 1.48. The lowest BCUT2D eigenvalue weighted by atomic mass is 9.88. The lowest BCUT2D eigenvalue weighted by Crippen LogP contribution is -2.30. The van der Waals surface area contributed by atoms with E-state index in [0.29, 0.717) is 0 Å². The van der Waals surface area contributed by atoms with Crippen molar-refractivity contribution in [3.05, 3.63) is 12.2 Å². The maximum Gasteiger partial charge on any atom is 0.244 e. The molecule has 1 aliphatic heterocycles. The first-order valence-corrected chi connectivity index (χ1v) is 3.96. The van der Waals surface area contributed by atoms with E-state index in [4.69, 9.17) is 0 Å². The molecule has 0 aromatic heterocycles. The lowest BCUT2D eigenvalue weighted by molar-refractivity contribution is -0.116. The summed E-state index contributed by atoms with van der Waals surface area (Å²) in [4.78, 5) is 10.7. The van der Waals surface area contributed by atoms with Crippen LogP contribution < -0.4 is 5.32 Å². The van der Waals surface area contributed by atoms with Crippen molar-refractivity contribution in [2.75, 3.05) is 0 Å². The van der Waals surface area contributed by atoms with E-state index >= 15 is 0 Å². The van der Waals surface area contributed by atoms with Crippen LogP contribution in [0.2, 0.25) is 0 Å². The first-order chi connectivity index (χ1) is 4.97. The van der Waals surface area contributed by atoms with Crippen LogP contribution in [0.4, 0.5) is 0 Å². The topological polar surface area (TPSA) is 29.1 Å². The van der Waals surface area contributed by atoms with E-state index < -0.39 is 0 Å². The second-order valence-electron chi connectivity index (χ2n) is 4.24. The average Bonchev–Trinajstić information content (AvgIpc) is 2.10. The zero-order chi connectivity index (χ0) is 8.48. The van der Waals surface area contributed by atoms with Gasteiger partial charge in [0.15, 0.2) is 0 Å². The van der Waals surface area contributed by atoms with Crippen molar-refractivity contribution in [2.24, 2.45) is 5.41 Å². The fraction of sp³-hybridized carbons (Fsp3) is 0.667. The van der Waals surface area contributed by atoms with Gasteiger partial charge in [-0.15, -0.1) is 0 Å². The third-order valence-corrected chi connectivity index (χ3v) is 1.64. The third kappa shape index (κ3) is 2.74. The van der Waals surface area contributed by atoms with Crippen LogP contribution in [0.5, 0.6) is 0 Å². The molecule has 1 atom stereocenters. The van der Waals surface area contributed by atoms with Crippen LogP contribution in [-0.4, -0.2) is 11.9 Å². The Morgan fingerprint density at radius 1 is 1.55 bits per heavy atom. The van der Waals surface area contributed by atoms with Gasteiger partial charge >= 0.3 is 0 Å². The van der Waals surface area contributed by atoms with Crippen molar-refractivity contribution in [3.8, 4) is 0 Å². The second-order valence-corrected chi connectivity index (χ2v) is 4.24. The molecule has 2 nitrogen and oxygen atoms in total. The molecular formula is C9H15NO. The van der Waals surface area contributed by atoms with E-state index in [9.17, 15) is 4.79 Å². The van der Waals surface area contributed by atoms with Crippen LogP contribution in [0, 0.1) is 5.41 Å². The molecule has 1 rings (SSSR count). The van der Waals surface area contributed by atoms with E-state index in [2.05, 4.69) is 26.1 Å². The second kappa shape index (κ2) is 2.68. The summed E-state index contributed by atoms with van der Waals surface area (Å²) in [6.07, 6.45) is 4.55. The first kappa shape index (κ1) is 8.31. The molecule has 0 saturated carbocycles. The number of hydrogen-bond acceptors (Lipinski definition) is 1. The molecule has 1 unspecified atom stereocenters. The monoisotopic (exact) mass is 153 g/mol. The van der Waals surface area contributed by atoms with Gasteiger partial charge in [-0.05, 0) is 11.8 Å². The van der Waals surface area contributed by atoms with Gasteiger partial charge in [-0.25, -0.2) is 0 Å². The summed E-state index contributed by atoms with van der Waals surface area (Å²) in [5.74, 6) is 0.0410. The van der Waals surface area contributed by atoms with Gasteiger partial charge in [-0.3, -0.25) is 4.79 Å². The zero-order valence-corrected chi connectivity index (χ0v) is 7.35. The molecule has 62 valence electrons. The fourth-order valence-corrected chi connectivity index (χ4v) is 1.26. The molecule has 11 heavy (non-hydrogen) atoms. The zero-order valence-electron chi connectivity index (χ0n) is 7.35. The highest BCUT2D eigenvalue weighted by Gasteiger charge is 2.20. The first-order valence-electron chi connectivity index (χ1n) is 3.96. The number of rotatable bonds is 1. The summed E-state index contributed by atoms with van der Waals surface area (Å²) in [5, 5.41) is 2.86. The Bertz CT molecular complexity index is 188. The minimum absolute atomic E-state index is 0.0410. The molecule has 0 aromatic carbocycles. The molecule has 0 aliphatic carbocycles. The van der Waals surface area contributed by atoms with Gasteiger partial charge in [-0.2, -0.15) is 0 Å². The molecular weight excluding hydrogens is 138 g/mol. The largest absolute Gasteiger partial charge is 0.346 e. The Balaban J connectivity index is 2.42. The lowest BCUT2D eigenvalue weighted by Gasteiger charge is -2.21. The Morgan fingerprint density at radius 3 is 2.55 bits per heavy atom. The van der Waals surface area contributed by atoms with Gasteiger partial charge in [-0.1, -0.05) is 26.8 Å². The Kier molecular flexibility index (Phi) is 2.03. The summed E-state index contributed by atoms with van der Waals surface area (Å²) in [7, 11) is 0. The molecule has 2 heteroatoms. The molecule has 1 aliphatic rings. The van der Waals surface area contributed by atoms with Gasteiger partial charge in [0, 0.05) is 12.1 Å². The highest BCUT2D eigenvalue weighted by atomic mass is 16.1. The van der Waals surface area contributed by atoms with E-state index in [-0.39, 0.29) is 17.4 Å². The molecule has 0 saturated heterocycles. The van der Waals surface area contributed by atoms with E-state index in [0.717, 1.165) is 6.42 Å². The van der Waals surface area contributed by atoms with Crippen LogP contribution in [0.15, 0.2) is 12.2 Å². The maximum absolute atomic E-state index is 10.7. The SMILES string of the molecule is CC(C)(C)CC1C=CC(=O)N1. The number of amides is 1. The standard InChI is InChI=1S/C9H15NO/c1-9(2,3)6-7-4-5-8(11)10-7/h4-5,7H,6H2,1-3H3,(H,10,11). The molecule has 1 N–H and O–H groups in total. The van der Waals surface area contributed by atoms with Gasteiger partial charge in [0.25, 0.3) is 0 Å². The van der Waals surface area contributed by atoms with Gasteiger partial charge in [0.05, 0.1) is 0 Å². The van der Waals surface area contributed by atoms with Gasteiger partial charge in [0.2, 0.25) is 5.91 Å². The quantitative estimate of drug-likeness (QED) is 0.607. The highest BCUT2D eigenvalue weighted by molar-refractivity contribution is 5.90. The van der Waals surface area contributed by atoms with Crippen molar-refractivity contribution in [3.63, 3.8) is 0 Å². The predicted molar refractivity (Wildman–Crippen MR) is 45.1 cm³/mol. The Morgan fingerprint density at radius 2 is 2.18 bits per heavy atom. The van der Waals surface area contributed by atoms with Crippen molar-refractivity contribution in [1.29, 1.82) is 0 Å². The molecule has 1 heterocycles. The van der Waals surface area contributed by atoms with Crippen LogP contribution in [0.25, 0.3) is 0 Å². The number of nitrogens with one attached hydrogen (secondary N) is 1. The normalized spacial score (nSPS) is 23.9. The fourth-order valence-electron chi connectivity index (χ4n) is 1.26. The summed E-state index contributed by atoms with van der Waals surface area (Å²) >= 11 is 0. The van der Waals surface area contributed by atoms with Crippen LogP contribution in [0.1, 0.15) is 27.2 Å². The van der Waals surface area contributed by atoms with Crippen molar-refractivity contribution in [1.82, 2.24) is 5.32 Å². The van der Waals surface area contributed by atoms with Crippen LogP contribution in [0.3, 0.4) is 0 Å². The van der Waals surface area contributed by atoms with E-state index in [1.807, 2.05) is 6.08 Å². The Hall–Kier alpha value is -0.790. The molecule has 0 radical (unpaired) electrons. The third-order valence-electron chi connectivity index (χ3n) is 1.64. The summed E-state index contributed by atoms with van der Waals surface area (Å²) < 4.78 is 0. The minimum Gasteiger partial charge on any atom is -0.346 e. The van der Waals surface area contributed by atoms with Crippen LogP contribution >= 0.6 is 0 Å². The Labute approximate surface area is 67.7 Å². The average molecular weight is 153 g/mol. The molecule has 1 amide bonds. The van der Waals surface area contributed by atoms with Crippen molar-refractivity contribution in [2.45, 2.75) is 33.2 Å². The maximum atomic E-state index is 10.7. The number of carbonyl (C=O) groups excluding carboxylic acids is 1. The molecule has 0 bridgehead atoms. The number of hydrogen-bond donors (Lipinski definition) is 1.